The molecule has 1 aromatic carbocycles. The van der Waals surface area contributed by atoms with E-state index in [1.807, 2.05) is 31.2 Å². The number of rotatable bonds is 11. The van der Waals surface area contributed by atoms with E-state index in [0.29, 0.717) is 49.3 Å². The van der Waals surface area contributed by atoms with Crippen LogP contribution in [0.3, 0.4) is 0 Å². The molecule has 222 valence electrons. The second-order valence-corrected chi connectivity index (χ2v) is 12.4. The van der Waals surface area contributed by atoms with Crippen LogP contribution >= 0.6 is 0 Å². The van der Waals surface area contributed by atoms with Gasteiger partial charge in [0.2, 0.25) is 0 Å². The molecule has 0 radical (unpaired) electrons. The summed E-state index contributed by atoms with van der Waals surface area (Å²) in [6.07, 6.45) is 9.16. The number of carbonyl (C=O) groups excluding carboxylic acids is 2. The number of pyridine rings is 1. The number of aryl methyl sites for hydroxylation is 1. The molecule has 1 unspecified atom stereocenters. The molecule has 2 saturated carbocycles. The van der Waals surface area contributed by atoms with Crippen molar-refractivity contribution in [3.63, 3.8) is 0 Å². The van der Waals surface area contributed by atoms with Gasteiger partial charge in [-0.15, -0.1) is 0 Å². The Bertz CT molecular complexity index is 1280. The number of amides is 2. The number of quaternary nitrogens is 1. The van der Waals surface area contributed by atoms with Crippen LogP contribution in [0.2, 0.25) is 0 Å². The van der Waals surface area contributed by atoms with Crippen LogP contribution in [-0.4, -0.2) is 53.6 Å². The molecule has 9 heteroatoms. The number of likely N-dealkylation sites (tertiary alicyclic amines) is 1. The number of nitrogens with two attached hydrogens (primary N) is 2. The molecule has 5 rings (SSSR count). The number of anilines is 1. The standard InChI is InChI=1S/C32H45N5O4/c1-21-24(12-14-29(33)36-21)20-37(15-7-10-25-18-32(25,37)31(34)39)30(38)26(16-22-8-5-4-6-9-22)35-19-23-11-13-27(40-2)28(17-23)41-3/h11-14,17,22,25-26,35H,4-10,15-16,18-20H2,1-3H3,(H3-,33,34,36,39)/p+1/t25-,26-,32+,37?/m1/s1. The highest BCUT2D eigenvalue weighted by Gasteiger charge is 2.76. The summed E-state index contributed by atoms with van der Waals surface area (Å²) in [6, 6.07) is 9.16. The van der Waals surface area contributed by atoms with Crippen molar-refractivity contribution in [3.8, 4) is 11.5 Å². The lowest BCUT2D eigenvalue weighted by atomic mass is 9.83. The number of carbonyl (C=O) groups is 2. The minimum atomic E-state index is -0.862. The molecule has 9 nitrogen and oxygen atoms in total. The van der Waals surface area contributed by atoms with E-state index in [2.05, 4.69) is 10.3 Å². The minimum Gasteiger partial charge on any atom is -0.493 e. The summed E-state index contributed by atoms with van der Waals surface area (Å²) in [4.78, 5) is 32.8. The van der Waals surface area contributed by atoms with Gasteiger partial charge in [0.05, 0.1) is 20.8 Å². The van der Waals surface area contributed by atoms with Crippen LogP contribution in [0, 0.1) is 18.8 Å². The predicted octanol–water partition coefficient (Wildman–Crippen LogP) is 4.00. The van der Waals surface area contributed by atoms with Crippen molar-refractivity contribution in [2.45, 2.75) is 89.4 Å². The van der Waals surface area contributed by atoms with Gasteiger partial charge in [0.25, 0.3) is 5.91 Å². The van der Waals surface area contributed by atoms with E-state index in [1.165, 1.54) is 19.3 Å². The van der Waals surface area contributed by atoms with Gasteiger partial charge in [0.15, 0.2) is 17.0 Å². The lowest BCUT2D eigenvalue weighted by Crippen LogP contribution is -2.71. The number of benzene rings is 1. The fraction of sp³-hybridized carbons (Fsp3) is 0.594. The van der Waals surface area contributed by atoms with Gasteiger partial charge >= 0.3 is 5.91 Å². The van der Waals surface area contributed by atoms with Gasteiger partial charge in [0, 0.05) is 30.1 Å². The Labute approximate surface area is 243 Å². The van der Waals surface area contributed by atoms with Gasteiger partial charge in [-0.2, -0.15) is 0 Å². The van der Waals surface area contributed by atoms with Gasteiger partial charge in [-0.3, -0.25) is 10.1 Å². The number of hydrogen-bond donors (Lipinski definition) is 3. The van der Waals surface area contributed by atoms with Crippen molar-refractivity contribution in [2.75, 3.05) is 26.5 Å². The molecule has 2 heterocycles. The van der Waals surface area contributed by atoms with Gasteiger partial charge in [-0.25, -0.2) is 14.3 Å². The van der Waals surface area contributed by atoms with Crippen LogP contribution < -0.4 is 26.3 Å². The van der Waals surface area contributed by atoms with Crippen LogP contribution in [0.1, 0.15) is 74.6 Å². The lowest BCUT2D eigenvalue weighted by Gasteiger charge is -2.46. The number of primary amides is 1. The average Bonchev–Trinajstić information content (AvgIpc) is 3.74. The van der Waals surface area contributed by atoms with Crippen molar-refractivity contribution in [3.05, 3.63) is 47.2 Å². The largest absolute Gasteiger partial charge is 0.493 e. The molecule has 4 atom stereocenters. The summed E-state index contributed by atoms with van der Waals surface area (Å²) >= 11 is 0. The Morgan fingerprint density at radius 2 is 1.83 bits per heavy atom. The third-order valence-corrected chi connectivity index (χ3v) is 10.0. The second kappa shape index (κ2) is 12.0. The monoisotopic (exact) mass is 564 g/mol. The summed E-state index contributed by atoms with van der Waals surface area (Å²) in [5, 5.41) is 3.65. The Kier molecular flexibility index (Phi) is 8.57. The van der Waals surface area contributed by atoms with E-state index in [4.69, 9.17) is 20.9 Å². The number of piperidine rings is 1. The van der Waals surface area contributed by atoms with E-state index >= 15 is 4.79 Å². The first-order valence-corrected chi connectivity index (χ1v) is 15.1. The van der Waals surface area contributed by atoms with E-state index in [0.717, 1.165) is 48.9 Å². The Morgan fingerprint density at radius 3 is 2.51 bits per heavy atom. The number of aromatic nitrogens is 1. The normalized spacial score (nSPS) is 26.6. The van der Waals surface area contributed by atoms with Crippen molar-refractivity contribution in [1.29, 1.82) is 0 Å². The summed E-state index contributed by atoms with van der Waals surface area (Å²) in [7, 11) is 3.24. The van der Waals surface area contributed by atoms with E-state index < -0.39 is 11.6 Å². The minimum absolute atomic E-state index is 0.0652. The highest BCUT2D eigenvalue weighted by molar-refractivity contribution is 5.91. The Hall–Kier alpha value is -3.17. The molecule has 1 aromatic heterocycles. The first-order valence-electron chi connectivity index (χ1n) is 15.1. The van der Waals surface area contributed by atoms with Crippen molar-refractivity contribution in [2.24, 2.45) is 17.6 Å². The van der Waals surface area contributed by atoms with Crippen LogP contribution in [0.4, 0.5) is 5.82 Å². The molecule has 3 fully saturated rings. The zero-order valence-electron chi connectivity index (χ0n) is 24.8. The van der Waals surface area contributed by atoms with Crippen molar-refractivity contribution in [1.82, 2.24) is 10.3 Å². The Morgan fingerprint density at radius 1 is 1.07 bits per heavy atom. The molecule has 1 saturated heterocycles. The summed E-state index contributed by atoms with van der Waals surface area (Å²) in [5.74, 6) is 2.10. The molecule has 1 aliphatic heterocycles. The SMILES string of the molecule is COc1ccc(CN[C@H](CC2CCCCC2)C(=O)[N+]2(Cc3ccc(N)nc3C)CCC[C@@H]3C[C@@]32C(N)=O)cc1OC. The second-order valence-electron chi connectivity index (χ2n) is 12.4. The zero-order valence-corrected chi connectivity index (χ0v) is 24.8. The maximum Gasteiger partial charge on any atom is 0.331 e. The van der Waals surface area contributed by atoms with Gasteiger partial charge in [-0.1, -0.05) is 38.2 Å². The van der Waals surface area contributed by atoms with Crippen LogP contribution in [0.15, 0.2) is 30.3 Å². The average molecular weight is 565 g/mol. The summed E-state index contributed by atoms with van der Waals surface area (Å²) in [5.41, 5.74) is 14.0. The molecule has 0 bridgehead atoms. The predicted molar refractivity (Wildman–Crippen MR) is 158 cm³/mol. The maximum atomic E-state index is 15.1. The number of nitrogens with one attached hydrogen (secondary N) is 1. The molecule has 2 aliphatic carbocycles. The number of ether oxygens (including phenoxy) is 2. The summed E-state index contributed by atoms with van der Waals surface area (Å²) in [6.45, 7) is 3.42. The molecule has 2 amide bonds. The first-order chi connectivity index (χ1) is 19.7. The molecular formula is C32H46N5O4+. The molecular weight excluding hydrogens is 518 g/mol. The smallest absolute Gasteiger partial charge is 0.331 e. The number of methoxy groups -OCH3 is 2. The summed E-state index contributed by atoms with van der Waals surface area (Å²) < 4.78 is 11.0. The lowest BCUT2D eigenvalue weighted by molar-refractivity contribution is -0.900. The highest BCUT2D eigenvalue weighted by Crippen LogP contribution is 2.59. The van der Waals surface area contributed by atoms with Crippen molar-refractivity contribution < 1.29 is 23.5 Å². The first kappa shape index (κ1) is 29.3. The van der Waals surface area contributed by atoms with E-state index in [-0.39, 0.29) is 22.2 Å². The van der Waals surface area contributed by atoms with E-state index in [1.54, 1.807) is 20.3 Å². The number of fused-ring (bicyclic) bond motifs is 1. The van der Waals surface area contributed by atoms with Gasteiger partial charge in [-0.05, 0) is 61.9 Å². The third kappa shape index (κ3) is 5.54. The van der Waals surface area contributed by atoms with Gasteiger partial charge in [0.1, 0.15) is 18.4 Å². The number of hydrogen-bond acceptors (Lipinski definition) is 7. The molecule has 3 aliphatic rings. The fourth-order valence-electron chi connectivity index (χ4n) is 7.73. The van der Waals surface area contributed by atoms with E-state index in [9.17, 15) is 4.79 Å². The molecule has 2 aromatic rings. The fourth-order valence-corrected chi connectivity index (χ4v) is 7.73. The molecule has 5 N–H and O–H groups in total. The zero-order chi connectivity index (χ0) is 29.2. The molecule has 41 heavy (non-hydrogen) atoms. The maximum absolute atomic E-state index is 15.1. The quantitative estimate of drug-likeness (QED) is 0.352. The van der Waals surface area contributed by atoms with Crippen molar-refractivity contribution >= 4 is 17.6 Å². The molecule has 0 spiro atoms. The highest BCUT2D eigenvalue weighted by atomic mass is 16.5. The van der Waals surface area contributed by atoms with Crippen LogP contribution in [0.5, 0.6) is 11.5 Å². The third-order valence-electron chi connectivity index (χ3n) is 10.0. The number of nitrogens with zero attached hydrogens (tertiary/aromatic N) is 2. The van der Waals surface area contributed by atoms with Crippen LogP contribution in [-0.2, 0) is 22.7 Å². The topological polar surface area (TPSA) is 130 Å². The number of nitrogen functional groups attached to an aromatic ring is 1. The Balaban J connectivity index is 1.50. The van der Waals surface area contributed by atoms with Gasteiger partial charge < -0.3 is 20.9 Å². The van der Waals surface area contributed by atoms with Crippen LogP contribution in [0.25, 0.3) is 0 Å².